The van der Waals surface area contributed by atoms with E-state index in [1.165, 1.54) is 4.31 Å². The molecule has 1 heterocycles. The topological polar surface area (TPSA) is 60.9 Å². The molecule has 6 heteroatoms. The van der Waals surface area contributed by atoms with Crippen LogP contribution in [0.2, 0.25) is 0 Å². The van der Waals surface area contributed by atoms with Crippen molar-refractivity contribution in [1.29, 1.82) is 0 Å². The molecule has 0 aliphatic carbocycles. The molecule has 1 aliphatic rings. The molecule has 1 fully saturated rings. The van der Waals surface area contributed by atoms with Crippen LogP contribution in [0.15, 0.2) is 0 Å². The van der Waals surface area contributed by atoms with E-state index in [4.69, 9.17) is 0 Å². The lowest BCUT2D eigenvalue weighted by Gasteiger charge is -2.40. The van der Waals surface area contributed by atoms with Crippen LogP contribution in [0.5, 0.6) is 0 Å². The van der Waals surface area contributed by atoms with Gasteiger partial charge in [0.15, 0.2) is 0 Å². The Bertz CT molecular complexity index is 338. The second kappa shape index (κ2) is 6.32. The maximum atomic E-state index is 12.3. The first-order valence-corrected chi connectivity index (χ1v) is 8.21. The van der Waals surface area contributed by atoms with Crippen LogP contribution in [0.4, 0.5) is 0 Å². The summed E-state index contributed by atoms with van der Waals surface area (Å²) in [5.74, 6) is 0. The van der Waals surface area contributed by atoms with Crippen LogP contribution in [-0.2, 0) is 10.2 Å². The van der Waals surface area contributed by atoms with Crippen molar-refractivity contribution in [1.82, 2.24) is 8.61 Å². The summed E-state index contributed by atoms with van der Waals surface area (Å²) in [6.45, 7) is 7.99. The van der Waals surface area contributed by atoms with Crippen LogP contribution in [0.1, 0.15) is 40.0 Å². The van der Waals surface area contributed by atoms with Crippen LogP contribution < -0.4 is 0 Å². The van der Waals surface area contributed by atoms with E-state index < -0.39 is 10.2 Å². The minimum Gasteiger partial charge on any atom is -0.396 e. The standard InChI is InChI=1S/C12H26N2O3S/c1-4-12(11-15)7-9-14(10-8-12)18(16,17)13(5-2)6-3/h15H,4-11H2,1-3H3. The van der Waals surface area contributed by atoms with Crippen molar-refractivity contribution in [3.8, 4) is 0 Å². The van der Waals surface area contributed by atoms with Gasteiger partial charge in [-0.1, -0.05) is 20.8 Å². The fraction of sp³-hybridized carbons (Fsp3) is 1.00. The molecule has 0 aromatic rings. The van der Waals surface area contributed by atoms with Gasteiger partial charge in [-0.15, -0.1) is 0 Å². The highest BCUT2D eigenvalue weighted by molar-refractivity contribution is 7.86. The van der Waals surface area contributed by atoms with Crippen molar-refractivity contribution in [2.24, 2.45) is 5.41 Å². The van der Waals surface area contributed by atoms with Gasteiger partial charge in [0.25, 0.3) is 10.2 Å². The average molecular weight is 278 g/mol. The summed E-state index contributed by atoms with van der Waals surface area (Å²) < 4.78 is 27.7. The quantitative estimate of drug-likeness (QED) is 0.790. The third kappa shape index (κ3) is 3.04. The van der Waals surface area contributed by atoms with Crippen LogP contribution in [0.3, 0.4) is 0 Å². The lowest BCUT2D eigenvalue weighted by atomic mass is 9.77. The third-order valence-electron chi connectivity index (χ3n) is 4.23. The molecule has 0 amide bonds. The summed E-state index contributed by atoms with van der Waals surface area (Å²) in [5.41, 5.74) is -0.0741. The number of piperidine rings is 1. The molecule has 0 atom stereocenters. The number of rotatable bonds is 6. The van der Waals surface area contributed by atoms with Gasteiger partial charge in [0.1, 0.15) is 0 Å². The third-order valence-corrected chi connectivity index (χ3v) is 6.41. The van der Waals surface area contributed by atoms with E-state index >= 15 is 0 Å². The summed E-state index contributed by atoms with van der Waals surface area (Å²) in [6, 6.07) is 0. The lowest BCUT2D eigenvalue weighted by molar-refractivity contribution is 0.0631. The van der Waals surface area contributed by atoms with Gasteiger partial charge in [-0.3, -0.25) is 0 Å². The van der Waals surface area contributed by atoms with Crippen LogP contribution in [0, 0.1) is 5.41 Å². The van der Waals surface area contributed by atoms with Crippen LogP contribution >= 0.6 is 0 Å². The summed E-state index contributed by atoms with van der Waals surface area (Å²) >= 11 is 0. The number of hydrogen-bond donors (Lipinski definition) is 1. The zero-order valence-corrected chi connectivity index (χ0v) is 12.5. The Balaban J connectivity index is 2.73. The van der Waals surface area contributed by atoms with Crippen molar-refractivity contribution >= 4 is 10.2 Å². The fourth-order valence-electron chi connectivity index (χ4n) is 2.53. The van der Waals surface area contributed by atoms with Crippen molar-refractivity contribution in [3.63, 3.8) is 0 Å². The van der Waals surface area contributed by atoms with E-state index in [9.17, 15) is 13.5 Å². The first-order valence-electron chi connectivity index (χ1n) is 6.82. The fourth-order valence-corrected chi connectivity index (χ4v) is 4.15. The van der Waals surface area contributed by atoms with E-state index in [1.54, 1.807) is 4.31 Å². The van der Waals surface area contributed by atoms with E-state index in [0.29, 0.717) is 26.2 Å². The van der Waals surface area contributed by atoms with E-state index in [0.717, 1.165) is 19.3 Å². The van der Waals surface area contributed by atoms with Crippen molar-refractivity contribution in [3.05, 3.63) is 0 Å². The van der Waals surface area contributed by atoms with Gasteiger partial charge in [0.2, 0.25) is 0 Å². The Morgan fingerprint density at radius 3 is 2.00 bits per heavy atom. The van der Waals surface area contributed by atoms with Crippen LogP contribution in [0.25, 0.3) is 0 Å². The number of nitrogens with zero attached hydrogens (tertiary/aromatic N) is 2. The predicted octanol–water partition coefficient (Wildman–Crippen LogP) is 1.06. The maximum absolute atomic E-state index is 12.3. The van der Waals surface area contributed by atoms with Crippen LogP contribution in [-0.4, -0.2) is 54.9 Å². The minimum absolute atomic E-state index is 0.0741. The predicted molar refractivity (Wildman–Crippen MR) is 72.5 cm³/mol. The SMILES string of the molecule is CCN(CC)S(=O)(=O)N1CCC(CC)(CO)CC1. The summed E-state index contributed by atoms with van der Waals surface area (Å²) in [4.78, 5) is 0. The summed E-state index contributed by atoms with van der Waals surface area (Å²) in [6.07, 6.45) is 2.41. The smallest absolute Gasteiger partial charge is 0.281 e. The minimum atomic E-state index is -3.31. The molecule has 1 aliphatic heterocycles. The Morgan fingerprint density at radius 2 is 1.67 bits per heavy atom. The maximum Gasteiger partial charge on any atom is 0.281 e. The van der Waals surface area contributed by atoms with Gasteiger partial charge >= 0.3 is 0 Å². The Morgan fingerprint density at radius 1 is 1.17 bits per heavy atom. The molecule has 108 valence electrons. The molecule has 0 spiro atoms. The molecule has 18 heavy (non-hydrogen) atoms. The number of aliphatic hydroxyl groups is 1. The molecule has 1 saturated heterocycles. The van der Waals surface area contributed by atoms with Crippen molar-refractivity contribution < 1.29 is 13.5 Å². The van der Waals surface area contributed by atoms with Gasteiger partial charge in [-0.2, -0.15) is 17.0 Å². The van der Waals surface area contributed by atoms with E-state index in [1.807, 2.05) is 13.8 Å². The first kappa shape index (κ1) is 15.9. The number of aliphatic hydroxyl groups excluding tert-OH is 1. The zero-order chi connectivity index (χ0) is 13.8. The molecule has 0 aromatic heterocycles. The van der Waals surface area contributed by atoms with Gasteiger partial charge in [0.05, 0.1) is 0 Å². The zero-order valence-electron chi connectivity index (χ0n) is 11.7. The summed E-state index contributed by atoms with van der Waals surface area (Å²) in [5, 5.41) is 9.45. The second-order valence-electron chi connectivity index (χ2n) is 5.00. The summed E-state index contributed by atoms with van der Waals surface area (Å²) in [7, 11) is -3.31. The average Bonchev–Trinajstić information content (AvgIpc) is 2.40. The molecule has 1 N–H and O–H groups in total. The van der Waals surface area contributed by atoms with Gasteiger partial charge < -0.3 is 5.11 Å². The Labute approximate surface area is 111 Å². The molecule has 0 unspecified atom stereocenters. The molecule has 0 saturated carbocycles. The molecule has 5 nitrogen and oxygen atoms in total. The van der Waals surface area contributed by atoms with E-state index in [-0.39, 0.29) is 12.0 Å². The highest BCUT2D eigenvalue weighted by Gasteiger charge is 2.37. The lowest BCUT2D eigenvalue weighted by Crippen LogP contribution is -2.49. The Hall–Kier alpha value is -0.170. The largest absolute Gasteiger partial charge is 0.396 e. The molecular weight excluding hydrogens is 252 g/mol. The van der Waals surface area contributed by atoms with Gasteiger partial charge in [-0.25, -0.2) is 0 Å². The Kier molecular flexibility index (Phi) is 5.58. The highest BCUT2D eigenvalue weighted by Crippen LogP contribution is 2.35. The molecule has 0 bridgehead atoms. The second-order valence-corrected chi connectivity index (χ2v) is 6.93. The first-order chi connectivity index (χ1) is 8.45. The molecular formula is C12H26N2O3S. The highest BCUT2D eigenvalue weighted by atomic mass is 32.2. The van der Waals surface area contributed by atoms with Gasteiger partial charge in [-0.05, 0) is 24.7 Å². The normalized spacial score (nSPS) is 21.4. The molecule has 1 rings (SSSR count). The molecule has 0 radical (unpaired) electrons. The van der Waals surface area contributed by atoms with E-state index in [2.05, 4.69) is 6.92 Å². The van der Waals surface area contributed by atoms with Crippen molar-refractivity contribution in [2.75, 3.05) is 32.8 Å². The number of hydrogen-bond acceptors (Lipinski definition) is 3. The molecule has 0 aromatic carbocycles. The monoisotopic (exact) mass is 278 g/mol. The van der Waals surface area contributed by atoms with Crippen molar-refractivity contribution in [2.45, 2.75) is 40.0 Å². The van der Waals surface area contributed by atoms with Gasteiger partial charge in [0, 0.05) is 32.8 Å².